The number of anilines is 1. The zero-order valence-electron chi connectivity index (χ0n) is 19.3. The monoisotopic (exact) mass is 505 g/mol. The van der Waals surface area contributed by atoms with Crippen LogP contribution in [0.25, 0.3) is 33.5 Å². The van der Waals surface area contributed by atoms with E-state index in [0.717, 1.165) is 22.2 Å². The third-order valence-corrected chi connectivity index (χ3v) is 4.52. The first-order valence-electron chi connectivity index (χ1n) is 10.4. The number of benzene rings is 1. The molecule has 0 saturated carbocycles. The van der Waals surface area contributed by atoms with Crippen molar-refractivity contribution >= 4 is 28.9 Å². The number of amides is 1. The molecule has 1 amide bonds. The molecule has 0 atom stereocenters. The summed E-state index contributed by atoms with van der Waals surface area (Å²) in [5.41, 5.74) is 10.1. The summed E-state index contributed by atoms with van der Waals surface area (Å²) in [6.45, 7) is 3.73. The lowest BCUT2D eigenvalue weighted by atomic mass is 10.1. The summed E-state index contributed by atoms with van der Waals surface area (Å²) >= 11 is 0. The van der Waals surface area contributed by atoms with Gasteiger partial charge in [0.1, 0.15) is 17.4 Å². The molecule has 4 aromatic rings. The van der Waals surface area contributed by atoms with Crippen LogP contribution in [0.4, 0.5) is 23.8 Å². The number of halogens is 3. The minimum absolute atomic E-state index is 0.00689. The first-order valence-corrected chi connectivity index (χ1v) is 10.4. The highest BCUT2D eigenvalue weighted by Crippen LogP contribution is 2.30. The minimum atomic E-state index is -5.08. The van der Waals surface area contributed by atoms with E-state index < -0.39 is 18.2 Å². The van der Waals surface area contributed by atoms with Crippen molar-refractivity contribution in [3.05, 3.63) is 42.9 Å². The molecule has 0 aliphatic heterocycles. The maximum atomic E-state index is 11.8. The van der Waals surface area contributed by atoms with Crippen molar-refractivity contribution in [2.75, 3.05) is 5.73 Å². The predicted octanol–water partition coefficient (Wildman–Crippen LogP) is 3.74. The second-order valence-electron chi connectivity index (χ2n) is 7.82. The second-order valence-corrected chi connectivity index (χ2v) is 7.82. The third kappa shape index (κ3) is 6.49. The Morgan fingerprint density at radius 3 is 2.47 bits per heavy atom. The number of imidazole rings is 1. The average molecular weight is 505 g/mol. The summed E-state index contributed by atoms with van der Waals surface area (Å²) in [7, 11) is 1.86. The first kappa shape index (κ1) is 26.0. The largest absolute Gasteiger partial charge is 0.490 e. The summed E-state index contributed by atoms with van der Waals surface area (Å²) < 4.78 is 38.8. The number of carbonyl (C=O) groups excluding carboxylic acids is 1. The molecule has 4 rings (SSSR count). The van der Waals surface area contributed by atoms with Crippen LogP contribution in [0.1, 0.15) is 13.8 Å². The highest BCUT2D eigenvalue weighted by atomic mass is 19.4. The number of nitrogens with zero attached hydrogens (tertiary/aromatic N) is 4. The molecule has 5 N–H and O–H groups in total. The Hall–Kier alpha value is -4.62. The van der Waals surface area contributed by atoms with E-state index in [1.807, 2.05) is 33.2 Å². The Morgan fingerprint density at radius 1 is 1.19 bits per heavy atom. The van der Waals surface area contributed by atoms with E-state index in [2.05, 4.69) is 25.4 Å². The Bertz CT molecular complexity index is 1400. The van der Waals surface area contributed by atoms with E-state index in [1.54, 1.807) is 35.3 Å². The van der Waals surface area contributed by atoms with Crippen molar-refractivity contribution in [1.29, 1.82) is 0 Å². The summed E-state index contributed by atoms with van der Waals surface area (Å²) in [4.78, 5) is 32.8. The number of carbonyl (C=O) groups is 2. The number of nitrogen functional groups attached to an aromatic ring is 1. The summed E-state index contributed by atoms with van der Waals surface area (Å²) in [6.07, 6.45) is -0.211. The zero-order valence-corrected chi connectivity index (χ0v) is 19.3. The van der Waals surface area contributed by atoms with Crippen LogP contribution in [-0.2, 0) is 11.8 Å². The number of alkyl halides is 3. The van der Waals surface area contributed by atoms with Crippen LogP contribution in [0.5, 0.6) is 5.75 Å². The zero-order chi connectivity index (χ0) is 26.6. The van der Waals surface area contributed by atoms with E-state index in [0.29, 0.717) is 23.0 Å². The minimum Gasteiger partial charge on any atom is -0.475 e. The molecule has 0 saturated heterocycles. The molecule has 0 aliphatic rings. The molecule has 14 heteroatoms. The van der Waals surface area contributed by atoms with Crippen LogP contribution in [-0.4, -0.2) is 54.1 Å². The van der Waals surface area contributed by atoms with Crippen LogP contribution < -0.4 is 15.8 Å². The number of hydrogen-bond acceptors (Lipinski definition) is 7. The fraction of sp³-hybridized carbons (Fsp3) is 0.227. The van der Waals surface area contributed by atoms with Crippen LogP contribution in [0.15, 0.2) is 42.9 Å². The maximum absolute atomic E-state index is 11.8. The van der Waals surface area contributed by atoms with Crippen LogP contribution in [0, 0.1) is 0 Å². The molecular weight excluding hydrogens is 483 g/mol. The number of nitrogens with two attached hydrogens (primary N) is 1. The molecule has 3 aromatic heterocycles. The van der Waals surface area contributed by atoms with Gasteiger partial charge in [-0.2, -0.15) is 18.3 Å². The van der Waals surface area contributed by atoms with Gasteiger partial charge in [0.15, 0.2) is 0 Å². The number of carboxylic acid groups (broad SMARTS) is 1. The molecule has 36 heavy (non-hydrogen) atoms. The fourth-order valence-electron chi connectivity index (χ4n) is 2.95. The van der Waals surface area contributed by atoms with Crippen molar-refractivity contribution < 1.29 is 32.6 Å². The fourth-order valence-corrected chi connectivity index (χ4v) is 2.95. The molecule has 0 fully saturated rings. The van der Waals surface area contributed by atoms with E-state index in [9.17, 15) is 18.0 Å². The van der Waals surface area contributed by atoms with Crippen molar-refractivity contribution in [2.45, 2.75) is 26.1 Å². The number of aromatic nitrogens is 5. The molecule has 1 aromatic carbocycles. The van der Waals surface area contributed by atoms with Gasteiger partial charge in [-0.25, -0.2) is 19.6 Å². The molecule has 190 valence electrons. The SMILES string of the molecule is CC(C)NC(=O)Oc1ccc2nc(-c3cc(-c4cnn(C)c4)cnc3N)[nH]c2c1.O=C(O)C(F)(F)F. The number of aliphatic carboxylic acids is 1. The molecule has 3 heterocycles. The highest BCUT2D eigenvalue weighted by molar-refractivity contribution is 5.84. The number of aromatic amines is 1. The first-order chi connectivity index (χ1) is 16.8. The van der Waals surface area contributed by atoms with E-state index >= 15 is 0 Å². The van der Waals surface area contributed by atoms with Crippen molar-refractivity contribution in [1.82, 2.24) is 30.0 Å². The van der Waals surface area contributed by atoms with Crippen molar-refractivity contribution in [3.8, 4) is 28.3 Å². The summed E-state index contributed by atoms with van der Waals surface area (Å²) in [6, 6.07) is 7.11. The normalized spacial score (nSPS) is 11.2. The molecule has 11 nitrogen and oxygen atoms in total. The number of aryl methyl sites for hydroxylation is 1. The van der Waals surface area contributed by atoms with Gasteiger partial charge in [0.2, 0.25) is 0 Å². The lowest BCUT2D eigenvalue weighted by molar-refractivity contribution is -0.192. The van der Waals surface area contributed by atoms with Crippen LogP contribution in [0.3, 0.4) is 0 Å². The van der Waals surface area contributed by atoms with Gasteiger partial charge >= 0.3 is 18.2 Å². The number of ether oxygens (including phenoxy) is 1. The lowest BCUT2D eigenvalue weighted by Gasteiger charge is -2.08. The van der Waals surface area contributed by atoms with Gasteiger partial charge in [-0.05, 0) is 32.0 Å². The van der Waals surface area contributed by atoms with Gasteiger partial charge in [-0.15, -0.1) is 0 Å². The van der Waals surface area contributed by atoms with E-state index in [4.69, 9.17) is 20.4 Å². The number of fused-ring (bicyclic) bond motifs is 1. The number of H-pyrrole nitrogens is 1. The van der Waals surface area contributed by atoms with Crippen LogP contribution >= 0.6 is 0 Å². The second kappa shape index (κ2) is 10.3. The van der Waals surface area contributed by atoms with E-state index in [-0.39, 0.29) is 6.04 Å². The standard InChI is InChI=1S/C20H21N7O2.C2HF3O2/c1-11(2)24-20(28)29-14-4-5-16-17(7-14)26-19(25-16)15-6-12(8-22-18(15)21)13-9-23-27(3)10-13;3-2(4,5)1(6)7/h4-11H,1-3H3,(H2,21,22)(H,24,28)(H,25,26);(H,6,7). The smallest absolute Gasteiger partial charge is 0.475 e. The van der Waals surface area contributed by atoms with Gasteiger partial charge in [-0.3, -0.25) is 4.68 Å². The molecular formula is C22H22F3N7O4. The Balaban J connectivity index is 0.000000454. The molecule has 0 radical (unpaired) electrons. The predicted molar refractivity (Wildman–Crippen MR) is 124 cm³/mol. The summed E-state index contributed by atoms with van der Waals surface area (Å²) in [5, 5.41) is 14.0. The number of carboxylic acids is 1. The highest BCUT2D eigenvalue weighted by Gasteiger charge is 2.38. The van der Waals surface area contributed by atoms with E-state index in [1.165, 1.54) is 0 Å². The molecule has 0 aliphatic carbocycles. The number of rotatable bonds is 4. The van der Waals surface area contributed by atoms with Crippen LogP contribution in [0.2, 0.25) is 0 Å². The molecule has 0 spiro atoms. The number of hydrogen-bond donors (Lipinski definition) is 4. The third-order valence-electron chi connectivity index (χ3n) is 4.52. The van der Waals surface area contributed by atoms with Gasteiger partial charge in [0.25, 0.3) is 0 Å². The Labute approximate surface area is 202 Å². The Morgan fingerprint density at radius 2 is 1.89 bits per heavy atom. The quantitative estimate of drug-likeness (QED) is 0.326. The topological polar surface area (TPSA) is 161 Å². The Kier molecular flexibility index (Phi) is 7.46. The summed E-state index contributed by atoms with van der Waals surface area (Å²) in [5.74, 6) is -1.39. The molecule has 0 unspecified atom stereocenters. The number of pyridine rings is 1. The van der Waals surface area contributed by atoms with Crippen molar-refractivity contribution in [3.63, 3.8) is 0 Å². The molecule has 0 bridgehead atoms. The van der Waals surface area contributed by atoms with Gasteiger partial charge in [0.05, 0.1) is 22.8 Å². The lowest BCUT2D eigenvalue weighted by Crippen LogP contribution is -2.32. The van der Waals surface area contributed by atoms with Gasteiger partial charge in [0, 0.05) is 42.7 Å². The maximum Gasteiger partial charge on any atom is 0.490 e. The van der Waals surface area contributed by atoms with Gasteiger partial charge in [-0.1, -0.05) is 0 Å². The van der Waals surface area contributed by atoms with Crippen molar-refractivity contribution in [2.24, 2.45) is 7.05 Å². The number of nitrogens with one attached hydrogen (secondary N) is 2. The average Bonchev–Trinajstić information content (AvgIpc) is 3.39. The van der Waals surface area contributed by atoms with Gasteiger partial charge < -0.3 is 25.9 Å².